The maximum Gasteiger partial charge on any atom is 0.306 e. The van der Waals surface area contributed by atoms with Crippen molar-refractivity contribution in [3.63, 3.8) is 0 Å². The maximum absolute atomic E-state index is 12.2. The van der Waals surface area contributed by atoms with Gasteiger partial charge in [-0.15, -0.1) is 0 Å². The fourth-order valence-corrected chi connectivity index (χ4v) is 13.9. The van der Waals surface area contributed by atoms with Gasteiger partial charge in [0.2, 0.25) is 0 Å². The summed E-state index contributed by atoms with van der Waals surface area (Å²) in [6.45, 7) is 41.8. The van der Waals surface area contributed by atoms with Gasteiger partial charge < -0.3 is 34.6 Å². The molecular weight excluding hydrogens is 1330 g/mol. The normalized spacial score (nSPS) is 22.0. The van der Waals surface area contributed by atoms with E-state index in [4.69, 9.17) is 29.5 Å². The highest BCUT2D eigenvalue weighted by Crippen LogP contribution is 2.46. The van der Waals surface area contributed by atoms with Crippen LogP contribution in [0.15, 0.2) is 259 Å². The van der Waals surface area contributed by atoms with Crippen molar-refractivity contribution in [2.75, 3.05) is 6.61 Å². The summed E-state index contributed by atoms with van der Waals surface area (Å²) in [4.78, 5) is 69.2. The number of hydrogen-bond donors (Lipinski definition) is 4. The standard InChI is InChI=1S/C49H66O8.C44H60O5/c1-34(17-13-19-36(3)21-24-43-38(5)29-41(31-48(43,7)8)56-46(54)27-23-40(51)33-50)15-11-12-16-35(2)18-14-20-37(4)22-25-44-39(6)30-42(32-49(44,9)10)57-47(55)28-26-45(52)53;1-31(17-13-19-33(3)21-23-39-35(5)27-37(45)29-43(39,7)8)15-11-12-16-32(2)18-14-20-34(4)22-24-40-36(6)28-38(30-44(40,9)10)49-42(48)26-25-41(46)47/h11-22,24-25,41-42,50H,23,26-33H2,1-10H3,(H,52,53);11-24,37-38,45H,25-30H2,1-10H3,(H,46,47)/b12-11+,17-13+,18-14+,24-21+,25-22+,34-15+,35-16+,36-19+,37-20+;12-11+,17-13+,18-14+,23-21+,24-22+,31-15+,32-16+,33-19+,34-20+. The molecule has 0 aromatic rings. The molecule has 4 aliphatic rings. The van der Waals surface area contributed by atoms with Crippen molar-refractivity contribution in [2.45, 2.75) is 253 Å². The average molecular weight is 1450 g/mol. The summed E-state index contributed by atoms with van der Waals surface area (Å²) in [7, 11) is 0. The van der Waals surface area contributed by atoms with E-state index in [1.807, 2.05) is 30.4 Å². The third-order valence-electron chi connectivity index (χ3n) is 19.2. The highest BCUT2D eigenvalue weighted by Gasteiger charge is 2.37. The van der Waals surface area contributed by atoms with Crippen LogP contribution in [0.3, 0.4) is 0 Å². The summed E-state index contributed by atoms with van der Waals surface area (Å²) in [5.74, 6) is -3.65. The fourth-order valence-electron chi connectivity index (χ4n) is 13.9. The number of aliphatic carboxylic acids is 2. The summed E-state index contributed by atoms with van der Waals surface area (Å²) >= 11 is 0. The van der Waals surface area contributed by atoms with Crippen LogP contribution in [0.25, 0.3) is 0 Å². The molecule has 4 unspecified atom stereocenters. The number of rotatable bonds is 33. The van der Waals surface area contributed by atoms with Gasteiger partial charge in [0.05, 0.1) is 38.2 Å². The number of aliphatic hydroxyl groups is 2. The first-order chi connectivity index (χ1) is 49.6. The number of ketones is 1. The number of carboxylic acids is 2. The Morgan fingerprint density at radius 3 is 0.802 bits per heavy atom. The zero-order chi connectivity index (χ0) is 79.5. The van der Waals surface area contributed by atoms with Gasteiger partial charge in [-0.25, -0.2) is 0 Å². The largest absolute Gasteiger partial charge is 0.481 e. The average Bonchev–Trinajstić information content (AvgIpc) is 0.817. The number of carbonyl (C=O) groups excluding carboxylic acids is 4. The molecule has 0 fully saturated rings. The van der Waals surface area contributed by atoms with Gasteiger partial charge in [-0.05, 0) is 159 Å². The lowest BCUT2D eigenvalue weighted by Gasteiger charge is -2.37. The molecule has 0 spiro atoms. The zero-order valence-corrected chi connectivity index (χ0v) is 67.5. The summed E-state index contributed by atoms with van der Waals surface area (Å²) in [5.41, 5.74) is 18.5. The molecule has 4 rings (SSSR count). The molecule has 0 amide bonds. The second kappa shape index (κ2) is 45.0. The fraction of sp³-hybridized carbons (Fsp3) is 0.462. The van der Waals surface area contributed by atoms with E-state index in [1.54, 1.807) is 0 Å². The van der Waals surface area contributed by atoms with Crippen LogP contribution in [0.5, 0.6) is 0 Å². The van der Waals surface area contributed by atoms with Crippen molar-refractivity contribution < 1.29 is 63.4 Å². The van der Waals surface area contributed by atoms with E-state index in [2.05, 4.69) is 278 Å². The van der Waals surface area contributed by atoms with Crippen molar-refractivity contribution in [1.82, 2.24) is 0 Å². The van der Waals surface area contributed by atoms with E-state index in [9.17, 15) is 33.9 Å². The van der Waals surface area contributed by atoms with E-state index in [-0.39, 0.29) is 90.4 Å². The summed E-state index contributed by atoms with van der Waals surface area (Å²) in [5, 5.41) is 36.6. The third kappa shape index (κ3) is 35.5. The molecule has 0 radical (unpaired) electrons. The van der Waals surface area contributed by atoms with Crippen LogP contribution in [-0.4, -0.2) is 87.1 Å². The van der Waals surface area contributed by atoms with Crippen LogP contribution in [-0.2, 0) is 43.0 Å². The molecule has 0 aromatic carbocycles. The second-order valence-electron chi connectivity index (χ2n) is 31.7. The Kier molecular flexibility index (Phi) is 38.8. The Balaban J connectivity index is 0.000000556. The van der Waals surface area contributed by atoms with E-state index >= 15 is 0 Å². The number of hydrogen-bond acceptors (Lipinski definition) is 11. The smallest absolute Gasteiger partial charge is 0.306 e. The van der Waals surface area contributed by atoms with Crippen molar-refractivity contribution in [3.05, 3.63) is 259 Å². The minimum Gasteiger partial charge on any atom is -0.481 e. The Labute approximate surface area is 636 Å². The molecule has 0 aliphatic heterocycles. The molecule has 576 valence electrons. The van der Waals surface area contributed by atoms with Crippen LogP contribution >= 0.6 is 0 Å². The first kappa shape index (κ1) is 91.4. The molecule has 4 N–H and O–H groups in total. The lowest BCUT2D eigenvalue weighted by atomic mass is 9.71. The number of ether oxygens (including phenoxy) is 3. The van der Waals surface area contributed by atoms with Crippen molar-refractivity contribution in [3.8, 4) is 0 Å². The van der Waals surface area contributed by atoms with E-state index in [0.29, 0.717) is 38.5 Å². The van der Waals surface area contributed by atoms with E-state index in [1.165, 1.54) is 50.2 Å². The highest BCUT2D eigenvalue weighted by atomic mass is 16.6. The van der Waals surface area contributed by atoms with Gasteiger partial charge in [0.1, 0.15) is 24.9 Å². The highest BCUT2D eigenvalue weighted by molar-refractivity contribution is 5.83. The molecule has 4 aliphatic carbocycles. The first-order valence-corrected chi connectivity index (χ1v) is 37.4. The number of allylic oxidation sites excluding steroid dienone is 40. The van der Waals surface area contributed by atoms with E-state index in [0.717, 1.165) is 51.9 Å². The molecule has 13 nitrogen and oxygen atoms in total. The van der Waals surface area contributed by atoms with Crippen molar-refractivity contribution in [1.29, 1.82) is 0 Å². The monoisotopic (exact) mass is 1450 g/mol. The predicted molar refractivity (Wildman–Crippen MR) is 435 cm³/mol. The molecule has 0 bridgehead atoms. The lowest BCUT2D eigenvalue weighted by Crippen LogP contribution is -2.32. The van der Waals surface area contributed by atoms with Crippen molar-refractivity contribution >= 4 is 35.6 Å². The number of carbonyl (C=O) groups is 6. The van der Waals surface area contributed by atoms with Crippen LogP contribution in [0, 0.1) is 21.7 Å². The third-order valence-corrected chi connectivity index (χ3v) is 19.2. The number of aliphatic hydroxyl groups excluding tert-OH is 2. The topological polar surface area (TPSA) is 211 Å². The quantitative estimate of drug-likeness (QED) is 0.0274. The second-order valence-corrected chi connectivity index (χ2v) is 31.7. The van der Waals surface area contributed by atoms with Crippen LogP contribution in [0.4, 0.5) is 0 Å². The van der Waals surface area contributed by atoms with Crippen LogP contribution < -0.4 is 0 Å². The van der Waals surface area contributed by atoms with Gasteiger partial charge in [0.25, 0.3) is 0 Å². The molecule has 13 heteroatoms. The van der Waals surface area contributed by atoms with Crippen LogP contribution in [0.2, 0.25) is 0 Å². The van der Waals surface area contributed by atoms with Gasteiger partial charge in [0, 0.05) is 25.7 Å². The Morgan fingerprint density at radius 1 is 0.340 bits per heavy atom. The van der Waals surface area contributed by atoms with Crippen molar-refractivity contribution in [2.24, 2.45) is 21.7 Å². The van der Waals surface area contributed by atoms with Gasteiger partial charge in [-0.3, -0.25) is 28.8 Å². The molecular formula is C93H126O13. The van der Waals surface area contributed by atoms with Crippen LogP contribution in [0.1, 0.15) is 228 Å². The van der Waals surface area contributed by atoms with Gasteiger partial charge in [-0.2, -0.15) is 0 Å². The Bertz CT molecular complexity index is 3840. The molecule has 0 aromatic heterocycles. The summed E-state index contributed by atoms with van der Waals surface area (Å²) < 4.78 is 16.9. The predicted octanol–water partition coefficient (Wildman–Crippen LogP) is 21.8. The minimum absolute atomic E-state index is 0.00256. The number of carboxylic acid groups (broad SMARTS) is 2. The van der Waals surface area contributed by atoms with Gasteiger partial charge >= 0.3 is 29.8 Å². The molecule has 0 heterocycles. The molecule has 0 saturated carbocycles. The molecule has 106 heavy (non-hydrogen) atoms. The number of esters is 3. The number of Topliss-reactive ketones (excluding diaryl/α,β-unsaturated/α-hetero) is 1. The van der Waals surface area contributed by atoms with Gasteiger partial charge in [0.15, 0.2) is 5.78 Å². The van der Waals surface area contributed by atoms with Gasteiger partial charge in [-0.1, -0.05) is 292 Å². The summed E-state index contributed by atoms with van der Waals surface area (Å²) in [6.07, 6.45) is 62.7. The Morgan fingerprint density at radius 2 is 0.566 bits per heavy atom. The molecule has 4 atom stereocenters. The minimum atomic E-state index is -1.00. The lowest BCUT2D eigenvalue weighted by molar-refractivity contribution is -0.153. The SMILES string of the molecule is CC1=C(/C=C/C(C)=C/C=C/C(C)=C/C=C/C=C(C)/C=C/C=C(C)/C=C/C2=C(C)CC(OC(=O)CCC(=O)CO)CC2(C)C)C(C)(C)CC(OC(=O)CCC(=O)O)C1.CC1=C(/C=C/C(C)=C/C=C/C(C)=C/C=C/C=C(C)/C=C/C=C(C)/C=C/C2=C(C)CC(OC(=O)CCC(=O)O)CC2(C)C)C(C)(C)CC(O)C1. The van der Waals surface area contributed by atoms with E-state index < -0.39 is 36.5 Å². The maximum atomic E-state index is 12.2. The molecule has 0 saturated heterocycles. The first-order valence-electron chi connectivity index (χ1n) is 37.4. The Hall–Kier alpha value is -8.78. The zero-order valence-electron chi connectivity index (χ0n) is 67.5. The summed E-state index contributed by atoms with van der Waals surface area (Å²) in [6, 6.07) is 0.